The van der Waals surface area contributed by atoms with E-state index in [1.165, 1.54) is 0 Å². The Bertz CT molecular complexity index is 1090. The third-order valence-corrected chi connectivity index (χ3v) is 6.13. The molecule has 152 valence electrons. The fourth-order valence-electron chi connectivity index (χ4n) is 1.87. The van der Waals surface area contributed by atoms with Crippen LogP contribution in [0.15, 0.2) is 34.1 Å². The molecule has 2 aromatic carbocycles. The first-order valence-corrected chi connectivity index (χ1v) is 11.4. The van der Waals surface area contributed by atoms with Crippen LogP contribution in [0.5, 0.6) is 11.5 Å². The molecule has 0 bridgehead atoms. The molecule has 28 heavy (non-hydrogen) atoms. The second kappa shape index (κ2) is 7.87. The van der Waals surface area contributed by atoms with Gasteiger partial charge >= 0.3 is 8.25 Å². The van der Waals surface area contributed by atoms with Gasteiger partial charge in [-0.15, -0.1) is 0 Å². The first-order chi connectivity index (χ1) is 12.7. The fraction of sp³-hybridized carbons (Fsp3) is 0. The van der Waals surface area contributed by atoms with Gasteiger partial charge in [-0.1, -0.05) is 23.2 Å². The molecule has 0 spiro atoms. The fourth-order valence-corrected chi connectivity index (χ4v) is 4.42. The zero-order chi connectivity index (χ0) is 21.4. The van der Waals surface area contributed by atoms with Crippen LogP contribution in [-0.4, -0.2) is 25.9 Å². The summed E-state index contributed by atoms with van der Waals surface area (Å²) in [5.41, 5.74) is 10.1. The number of anilines is 2. The lowest BCUT2D eigenvalue weighted by Crippen LogP contribution is -2.04. The van der Waals surface area contributed by atoms with Gasteiger partial charge in [0, 0.05) is 16.7 Å². The van der Waals surface area contributed by atoms with E-state index in [4.69, 9.17) is 52.8 Å². The lowest BCUT2D eigenvalue weighted by atomic mass is 10.3. The highest BCUT2D eigenvalue weighted by Crippen LogP contribution is 2.41. The Morgan fingerprint density at radius 1 is 0.786 bits per heavy atom. The molecule has 0 aliphatic heterocycles. The lowest BCUT2D eigenvalue weighted by Gasteiger charge is -2.06. The van der Waals surface area contributed by atoms with Crippen LogP contribution in [-0.2, 0) is 24.8 Å². The highest BCUT2D eigenvalue weighted by Gasteiger charge is 2.30. The summed E-state index contributed by atoms with van der Waals surface area (Å²) in [4.78, 5) is -1.37. The van der Waals surface area contributed by atoms with Gasteiger partial charge in [0.25, 0.3) is 20.2 Å². The van der Waals surface area contributed by atoms with Crippen molar-refractivity contribution < 1.29 is 39.6 Å². The molecule has 11 nitrogen and oxygen atoms in total. The summed E-state index contributed by atoms with van der Waals surface area (Å²) in [6.07, 6.45) is 0. The molecule has 0 aliphatic rings. The van der Waals surface area contributed by atoms with Crippen LogP contribution < -0.4 is 20.5 Å². The minimum Gasteiger partial charge on any atom is -0.397 e. The van der Waals surface area contributed by atoms with Crippen LogP contribution in [0.2, 0.25) is 10.0 Å². The van der Waals surface area contributed by atoms with Crippen molar-refractivity contribution in [3.05, 3.63) is 34.3 Å². The topological polar surface area (TPSA) is 196 Å². The summed E-state index contributed by atoms with van der Waals surface area (Å²) < 4.78 is 84.5. The molecule has 0 aliphatic carbocycles. The van der Waals surface area contributed by atoms with E-state index >= 15 is 0 Å². The number of benzene rings is 2. The van der Waals surface area contributed by atoms with Crippen LogP contribution in [0.1, 0.15) is 0 Å². The predicted molar refractivity (Wildman–Crippen MR) is 100 cm³/mol. The van der Waals surface area contributed by atoms with Gasteiger partial charge < -0.3 is 11.5 Å². The van der Waals surface area contributed by atoms with Crippen molar-refractivity contribution in [1.29, 1.82) is 0 Å². The minimum atomic E-state index is -4.65. The first-order valence-electron chi connectivity index (χ1n) is 6.66. The molecule has 6 N–H and O–H groups in total. The van der Waals surface area contributed by atoms with Crippen molar-refractivity contribution in [1.82, 2.24) is 0 Å². The molecular weight excluding hydrogens is 482 g/mol. The van der Waals surface area contributed by atoms with Gasteiger partial charge in [-0.05, 0) is 12.1 Å². The average Bonchev–Trinajstić information content (AvgIpc) is 2.51. The van der Waals surface area contributed by atoms with Crippen molar-refractivity contribution in [2.45, 2.75) is 9.79 Å². The minimum absolute atomic E-state index is 0.341. The van der Waals surface area contributed by atoms with Crippen molar-refractivity contribution in [3.63, 3.8) is 0 Å². The van der Waals surface area contributed by atoms with E-state index in [9.17, 15) is 21.4 Å². The van der Waals surface area contributed by atoms with E-state index in [2.05, 4.69) is 0 Å². The maximum Gasteiger partial charge on any atom is 0.805 e. The van der Waals surface area contributed by atoms with E-state index in [1.54, 1.807) is 0 Å². The molecule has 0 atom stereocenters. The van der Waals surface area contributed by atoms with Crippen LogP contribution in [0, 0.1) is 0 Å². The summed E-state index contributed by atoms with van der Waals surface area (Å²) in [6, 6.07) is 3.33. The summed E-state index contributed by atoms with van der Waals surface area (Å²) in [5.74, 6) is -0.683. The van der Waals surface area contributed by atoms with Crippen molar-refractivity contribution >= 4 is 63.1 Å². The summed E-state index contributed by atoms with van der Waals surface area (Å²) in [6.45, 7) is 0. The van der Waals surface area contributed by atoms with Gasteiger partial charge in [-0.25, -0.2) is 9.05 Å². The van der Waals surface area contributed by atoms with Crippen LogP contribution in [0.4, 0.5) is 11.4 Å². The lowest BCUT2D eigenvalue weighted by molar-refractivity contribution is 0.416. The summed E-state index contributed by atoms with van der Waals surface area (Å²) >= 11 is 11.6. The van der Waals surface area contributed by atoms with Gasteiger partial charge in [0.05, 0.1) is 21.4 Å². The molecule has 16 heteroatoms. The second-order valence-electron chi connectivity index (χ2n) is 5.00. The summed E-state index contributed by atoms with van der Waals surface area (Å²) in [7, 11) is -12.3. The molecular formula is C12H10Cl2N2O9PS2+. The Hall–Kier alpha value is -1.86. The number of rotatable bonds is 6. The Morgan fingerprint density at radius 2 is 1.11 bits per heavy atom. The van der Waals surface area contributed by atoms with E-state index in [0.29, 0.717) is 0 Å². The van der Waals surface area contributed by atoms with Gasteiger partial charge in [-0.3, -0.25) is 9.11 Å². The van der Waals surface area contributed by atoms with Crippen molar-refractivity contribution in [3.8, 4) is 11.5 Å². The van der Waals surface area contributed by atoms with Crippen LogP contribution >= 0.6 is 31.5 Å². The highest BCUT2D eigenvalue weighted by atomic mass is 35.5. The number of hydrogen-bond acceptors (Lipinski definition) is 9. The third-order valence-electron chi connectivity index (χ3n) is 3.03. The monoisotopic (exact) mass is 491 g/mol. The van der Waals surface area contributed by atoms with Crippen LogP contribution in [0.25, 0.3) is 0 Å². The highest BCUT2D eigenvalue weighted by molar-refractivity contribution is 7.86. The van der Waals surface area contributed by atoms with Gasteiger partial charge in [0.15, 0.2) is 0 Å². The number of nitrogen functional groups attached to an aromatic ring is 2. The van der Waals surface area contributed by atoms with Crippen LogP contribution in [0.3, 0.4) is 0 Å². The quantitative estimate of drug-likeness (QED) is 0.263. The van der Waals surface area contributed by atoms with E-state index in [-0.39, 0.29) is 21.5 Å². The maximum absolute atomic E-state index is 12.0. The largest absolute Gasteiger partial charge is 0.805 e. The molecule has 0 saturated carbocycles. The van der Waals surface area contributed by atoms with Gasteiger partial charge in [-0.2, -0.15) is 16.8 Å². The molecule has 2 aromatic rings. The Balaban J connectivity index is 2.28. The van der Waals surface area contributed by atoms with Gasteiger partial charge in [0.1, 0.15) is 9.79 Å². The molecule has 0 saturated heterocycles. The SMILES string of the molecule is Nc1cc(O[P+](=O)Oc2cc(N)c(S(=O)(=O)O)cc2Cl)c(Cl)cc1S(=O)(=O)O. The maximum atomic E-state index is 12.0. The first kappa shape index (κ1) is 22.4. The average molecular weight is 492 g/mol. The second-order valence-corrected chi connectivity index (χ2v) is 9.40. The number of halogens is 2. The molecule has 0 radical (unpaired) electrons. The molecule has 0 unspecified atom stereocenters. The Morgan fingerprint density at radius 3 is 1.39 bits per heavy atom. The smallest absolute Gasteiger partial charge is 0.397 e. The third kappa shape index (κ3) is 5.14. The Labute approximate surface area is 169 Å². The standard InChI is InChI=1S/C12H9Cl2N2O9PS2/c13-5-1-11(27(18,19)20)7(15)3-9(5)24-26(17)25-10-4-8(16)12(2-6(10)14)28(21,22)23/h1-4H,15-16H2,(H-,18,19,20,21,22,23)/p+1. The van der Waals surface area contributed by atoms with E-state index in [1.807, 2.05) is 0 Å². The van der Waals surface area contributed by atoms with Crippen molar-refractivity contribution in [2.24, 2.45) is 0 Å². The van der Waals surface area contributed by atoms with E-state index < -0.39 is 49.7 Å². The van der Waals surface area contributed by atoms with Gasteiger partial charge in [0.2, 0.25) is 11.5 Å². The molecule has 2 rings (SSSR count). The Kier molecular flexibility index (Phi) is 6.31. The molecule has 0 fully saturated rings. The predicted octanol–water partition coefficient (Wildman–Crippen LogP) is 2.77. The zero-order valence-corrected chi connectivity index (χ0v) is 17.3. The molecule has 0 aromatic heterocycles. The summed E-state index contributed by atoms with van der Waals surface area (Å²) in [5, 5.41) is -0.720. The normalized spacial score (nSPS) is 11.9. The van der Waals surface area contributed by atoms with Crippen molar-refractivity contribution in [2.75, 3.05) is 11.5 Å². The number of hydrogen-bond donors (Lipinski definition) is 4. The number of nitrogens with two attached hydrogens (primary N) is 2. The zero-order valence-electron chi connectivity index (χ0n) is 13.2. The molecule has 0 heterocycles. The van der Waals surface area contributed by atoms with E-state index in [0.717, 1.165) is 24.3 Å². The molecule has 0 amide bonds.